The summed E-state index contributed by atoms with van der Waals surface area (Å²) in [5.41, 5.74) is 0.802. The van der Waals surface area contributed by atoms with Crippen molar-refractivity contribution in [2.75, 3.05) is 13.2 Å². The van der Waals surface area contributed by atoms with Crippen molar-refractivity contribution in [3.63, 3.8) is 0 Å². The summed E-state index contributed by atoms with van der Waals surface area (Å²) in [5, 5.41) is 44.7. The first kappa shape index (κ1) is 13.7. The second kappa shape index (κ2) is 7.04. The molecule has 0 aliphatic carbocycles. The third-order valence-corrected chi connectivity index (χ3v) is 1.81. The molecule has 0 aliphatic rings. The number of ether oxygens (including phenoxy) is 1. The molecule has 84 valence electrons. The van der Waals surface area contributed by atoms with Crippen LogP contribution in [0, 0.1) is 0 Å². The van der Waals surface area contributed by atoms with Gasteiger partial charge in [0.2, 0.25) is 0 Å². The largest absolute Gasteiger partial charge is 0.481 e. The topological polar surface area (TPSA) is 110 Å². The predicted octanol–water partition coefficient (Wildman–Crippen LogP) is -2.60. The van der Waals surface area contributed by atoms with Crippen molar-refractivity contribution in [3.05, 3.63) is 0 Å². The van der Waals surface area contributed by atoms with Crippen LogP contribution >= 0.6 is 12.2 Å². The van der Waals surface area contributed by atoms with Crippen LogP contribution in [0.3, 0.4) is 0 Å². The summed E-state index contributed by atoms with van der Waals surface area (Å²) >= 11 is 4.34. The van der Waals surface area contributed by atoms with Gasteiger partial charge >= 0.3 is 0 Å². The first-order valence-corrected chi connectivity index (χ1v) is 4.40. The van der Waals surface area contributed by atoms with E-state index in [1.54, 1.807) is 0 Å². The fourth-order valence-electron chi connectivity index (χ4n) is 0.894. The van der Waals surface area contributed by atoms with Crippen LogP contribution in [0.15, 0.2) is 0 Å². The first-order valence-electron chi connectivity index (χ1n) is 3.93. The molecule has 14 heavy (non-hydrogen) atoms. The van der Waals surface area contributed by atoms with Crippen molar-refractivity contribution in [2.24, 2.45) is 0 Å². The van der Waals surface area contributed by atoms with Gasteiger partial charge in [-0.3, -0.25) is 0 Å². The molecule has 0 saturated carbocycles. The van der Waals surface area contributed by atoms with Gasteiger partial charge in [-0.2, -0.15) is 0 Å². The maximum absolute atomic E-state index is 9.34. The van der Waals surface area contributed by atoms with E-state index in [0.717, 1.165) is 5.55 Å². The Morgan fingerprint density at radius 3 is 1.93 bits per heavy atom. The highest BCUT2D eigenvalue weighted by Crippen LogP contribution is 2.08. The highest BCUT2D eigenvalue weighted by atomic mass is 32.1. The summed E-state index contributed by atoms with van der Waals surface area (Å²) in [5.74, 6) is 0. The quantitative estimate of drug-likeness (QED) is 0.303. The lowest BCUT2D eigenvalue weighted by Gasteiger charge is -2.27. The molecular formula is C7H14O6S. The Labute approximate surface area is 86.4 Å². The molecule has 0 unspecified atom stereocenters. The maximum Gasteiger partial charge on any atom is 0.155 e. The zero-order valence-electron chi connectivity index (χ0n) is 7.35. The van der Waals surface area contributed by atoms with E-state index in [1.165, 1.54) is 0 Å². The molecule has 7 heteroatoms. The summed E-state index contributed by atoms with van der Waals surface area (Å²) in [7, 11) is 0. The van der Waals surface area contributed by atoms with Gasteiger partial charge in [-0.25, -0.2) is 0 Å². The van der Waals surface area contributed by atoms with Crippen LogP contribution in [-0.4, -0.2) is 68.7 Å². The van der Waals surface area contributed by atoms with E-state index < -0.39 is 37.6 Å². The van der Waals surface area contributed by atoms with Crippen molar-refractivity contribution in [1.29, 1.82) is 0 Å². The Kier molecular flexibility index (Phi) is 6.89. The molecule has 6 nitrogen and oxygen atoms in total. The lowest BCUT2D eigenvalue weighted by molar-refractivity contribution is -0.115. The maximum atomic E-state index is 9.34. The van der Waals surface area contributed by atoms with Gasteiger partial charge in [0.1, 0.15) is 23.9 Å². The number of aliphatic hydroxyl groups is 5. The minimum Gasteiger partial charge on any atom is -0.481 e. The summed E-state index contributed by atoms with van der Waals surface area (Å²) in [6, 6.07) is 0. The van der Waals surface area contributed by atoms with Gasteiger partial charge in [-0.15, -0.1) is 0 Å². The number of rotatable bonds is 7. The van der Waals surface area contributed by atoms with E-state index in [-0.39, 0.29) is 0 Å². The van der Waals surface area contributed by atoms with Gasteiger partial charge in [0.25, 0.3) is 0 Å². The third kappa shape index (κ3) is 3.82. The molecule has 0 aromatic rings. The SMILES string of the molecule is OC[C@@H](O)[C@@H](O)[C@H](OC=S)[C@H](O)CO. The van der Waals surface area contributed by atoms with E-state index in [9.17, 15) is 5.11 Å². The van der Waals surface area contributed by atoms with Crippen LogP contribution in [0.4, 0.5) is 0 Å². The molecule has 0 aromatic carbocycles. The first-order chi connectivity index (χ1) is 6.58. The average Bonchev–Trinajstić information content (AvgIpc) is 2.22. The average molecular weight is 226 g/mol. The van der Waals surface area contributed by atoms with Crippen LogP contribution in [-0.2, 0) is 4.74 Å². The van der Waals surface area contributed by atoms with Gasteiger partial charge in [0.05, 0.1) is 13.2 Å². The highest BCUT2D eigenvalue weighted by molar-refractivity contribution is 7.78. The third-order valence-electron chi connectivity index (χ3n) is 1.70. The Morgan fingerprint density at radius 1 is 1.07 bits per heavy atom. The molecule has 0 aliphatic heterocycles. The van der Waals surface area contributed by atoms with Crippen LogP contribution in [0.25, 0.3) is 0 Å². The molecule has 0 spiro atoms. The highest BCUT2D eigenvalue weighted by Gasteiger charge is 2.32. The van der Waals surface area contributed by atoms with Crippen LogP contribution in [0.1, 0.15) is 0 Å². The molecule has 0 fully saturated rings. The summed E-state index contributed by atoms with van der Waals surface area (Å²) in [6.45, 7) is -1.33. The van der Waals surface area contributed by atoms with Crippen LogP contribution in [0.5, 0.6) is 0 Å². The van der Waals surface area contributed by atoms with Gasteiger partial charge in [-0.05, 0) is 12.2 Å². The van der Waals surface area contributed by atoms with Gasteiger partial charge < -0.3 is 30.3 Å². The van der Waals surface area contributed by atoms with E-state index in [2.05, 4.69) is 17.0 Å². The van der Waals surface area contributed by atoms with E-state index in [0.29, 0.717) is 0 Å². The zero-order chi connectivity index (χ0) is 11.1. The summed E-state index contributed by atoms with van der Waals surface area (Å²) < 4.78 is 4.64. The molecule has 0 heterocycles. The minimum atomic E-state index is -1.53. The van der Waals surface area contributed by atoms with Crippen molar-refractivity contribution in [1.82, 2.24) is 0 Å². The Bertz CT molecular complexity index is 166. The van der Waals surface area contributed by atoms with Crippen LogP contribution < -0.4 is 0 Å². The molecule has 0 bridgehead atoms. The van der Waals surface area contributed by atoms with E-state index in [1.807, 2.05) is 0 Å². The molecule has 0 rings (SSSR count). The van der Waals surface area contributed by atoms with Gasteiger partial charge in [0, 0.05) is 0 Å². The monoisotopic (exact) mass is 226 g/mol. The second-order valence-electron chi connectivity index (χ2n) is 2.69. The minimum absolute atomic E-state index is 0.650. The molecule has 0 amide bonds. The van der Waals surface area contributed by atoms with Crippen molar-refractivity contribution < 1.29 is 30.3 Å². The lowest BCUT2D eigenvalue weighted by Crippen LogP contribution is -2.48. The normalized spacial score (nSPS) is 19.5. The molecular weight excluding hydrogens is 212 g/mol. The Morgan fingerprint density at radius 2 is 1.57 bits per heavy atom. The lowest BCUT2D eigenvalue weighted by atomic mass is 10.0. The Hall–Kier alpha value is -0.310. The number of thiocarbonyl (C=S) groups is 1. The molecule has 0 radical (unpaired) electrons. The van der Waals surface area contributed by atoms with E-state index >= 15 is 0 Å². The van der Waals surface area contributed by atoms with Crippen LogP contribution in [0.2, 0.25) is 0 Å². The summed E-state index contributed by atoms with van der Waals surface area (Å²) in [4.78, 5) is 0. The van der Waals surface area contributed by atoms with Crippen molar-refractivity contribution in [3.8, 4) is 0 Å². The molecule has 0 saturated heterocycles. The Balaban J connectivity index is 4.38. The summed E-state index contributed by atoms with van der Waals surface area (Å²) in [6.07, 6.45) is -5.64. The fourth-order valence-corrected chi connectivity index (χ4v) is 1.02. The number of aliphatic hydroxyl groups excluding tert-OH is 5. The van der Waals surface area contributed by atoms with E-state index in [4.69, 9.17) is 20.4 Å². The van der Waals surface area contributed by atoms with Crippen molar-refractivity contribution in [2.45, 2.75) is 24.4 Å². The molecule has 5 N–H and O–H groups in total. The molecule has 0 aromatic heterocycles. The number of hydrogen-bond acceptors (Lipinski definition) is 7. The predicted molar refractivity (Wildman–Crippen MR) is 50.7 cm³/mol. The fraction of sp³-hybridized carbons (Fsp3) is 0.857. The molecule has 4 atom stereocenters. The zero-order valence-corrected chi connectivity index (χ0v) is 8.17. The standard InChI is InChI=1S/C7H14O6S/c8-1-4(10)6(12)7(13-3-14)5(11)2-9/h3-12H,1-2H2/t4-,5-,6-,7-/m1/s1. The second-order valence-corrected chi connectivity index (χ2v) is 2.88. The van der Waals surface area contributed by atoms with Crippen molar-refractivity contribution >= 4 is 17.8 Å². The van der Waals surface area contributed by atoms with Gasteiger partial charge in [0.15, 0.2) is 6.10 Å². The smallest absolute Gasteiger partial charge is 0.155 e. The van der Waals surface area contributed by atoms with Gasteiger partial charge in [-0.1, -0.05) is 0 Å². The number of hydrogen-bond donors (Lipinski definition) is 5.